The standard InChI is InChI=1S/C26H29NO5/c1-14-21(27-15(2)28)13-20(16-5-6-16)24(23(14)25(26(29)30)32-19-8-9-19)18-7-10-22-17(12-18)4-3-11-31-22/h7,10,12-13,16,19,25H,3-6,8-9,11H2,1-2H3,(H,27,28)(H,29,30). The van der Waals surface area contributed by atoms with Gasteiger partial charge in [0.05, 0.1) is 12.7 Å². The number of hydrogen-bond donors (Lipinski definition) is 2. The van der Waals surface area contributed by atoms with Crippen molar-refractivity contribution in [2.24, 2.45) is 0 Å². The summed E-state index contributed by atoms with van der Waals surface area (Å²) in [6.07, 6.45) is 4.72. The molecule has 0 aromatic heterocycles. The zero-order valence-corrected chi connectivity index (χ0v) is 18.6. The van der Waals surface area contributed by atoms with Gasteiger partial charge in [-0.05, 0) is 97.4 Å². The van der Waals surface area contributed by atoms with Crippen molar-refractivity contribution in [2.45, 2.75) is 70.5 Å². The molecule has 6 heteroatoms. The van der Waals surface area contributed by atoms with E-state index in [1.807, 2.05) is 25.1 Å². The Morgan fingerprint density at radius 2 is 1.97 bits per heavy atom. The fourth-order valence-corrected chi connectivity index (χ4v) is 4.67. The Balaban J connectivity index is 1.74. The molecule has 168 valence electrons. The van der Waals surface area contributed by atoms with E-state index < -0.39 is 12.1 Å². The first-order chi connectivity index (χ1) is 15.4. The summed E-state index contributed by atoms with van der Waals surface area (Å²) in [7, 11) is 0. The molecule has 32 heavy (non-hydrogen) atoms. The monoisotopic (exact) mass is 435 g/mol. The van der Waals surface area contributed by atoms with Crippen molar-refractivity contribution < 1.29 is 24.2 Å². The highest BCUT2D eigenvalue weighted by Gasteiger charge is 2.37. The molecule has 1 heterocycles. The predicted molar refractivity (Wildman–Crippen MR) is 121 cm³/mol. The molecule has 1 unspecified atom stereocenters. The number of aliphatic carboxylic acids is 1. The maximum Gasteiger partial charge on any atom is 0.337 e. The van der Waals surface area contributed by atoms with Crippen molar-refractivity contribution in [1.82, 2.24) is 0 Å². The fourth-order valence-electron chi connectivity index (χ4n) is 4.67. The van der Waals surface area contributed by atoms with Crippen molar-refractivity contribution in [2.75, 3.05) is 11.9 Å². The number of hydrogen-bond acceptors (Lipinski definition) is 4. The molecule has 1 amide bonds. The van der Waals surface area contributed by atoms with E-state index in [1.165, 1.54) is 6.92 Å². The quantitative estimate of drug-likeness (QED) is 0.630. The average molecular weight is 436 g/mol. The number of fused-ring (bicyclic) bond motifs is 1. The summed E-state index contributed by atoms with van der Waals surface area (Å²) in [5.74, 6) is 0.100. The predicted octanol–water partition coefficient (Wildman–Crippen LogP) is 5.13. The summed E-state index contributed by atoms with van der Waals surface area (Å²) in [6, 6.07) is 8.22. The number of carbonyl (C=O) groups is 2. The molecule has 3 aliphatic rings. The van der Waals surface area contributed by atoms with Crippen LogP contribution in [0.25, 0.3) is 11.1 Å². The summed E-state index contributed by atoms with van der Waals surface area (Å²) in [5, 5.41) is 13.1. The molecule has 0 saturated heterocycles. The Morgan fingerprint density at radius 3 is 2.62 bits per heavy atom. The first-order valence-electron chi connectivity index (χ1n) is 11.5. The lowest BCUT2D eigenvalue weighted by Crippen LogP contribution is -2.21. The van der Waals surface area contributed by atoms with E-state index in [2.05, 4.69) is 11.4 Å². The molecular weight excluding hydrogens is 406 g/mol. The molecule has 5 rings (SSSR count). The second-order valence-corrected chi connectivity index (χ2v) is 9.21. The topological polar surface area (TPSA) is 84.9 Å². The number of amides is 1. The van der Waals surface area contributed by atoms with Gasteiger partial charge >= 0.3 is 5.97 Å². The average Bonchev–Trinajstić information content (AvgIpc) is 3.67. The molecule has 2 aromatic carbocycles. The van der Waals surface area contributed by atoms with E-state index in [4.69, 9.17) is 9.47 Å². The first-order valence-corrected chi connectivity index (χ1v) is 11.5. The normalized spacial score (nSPS) is 18.4. The molecule has 0 bridgehead atoms. The molecular formula is C26H29NO5. The van der Waals surface area contributed by atoms with Crippen molar-refractivity contribution in [1.29, 1.82) is 0 Å². The summed E-state index contributed by atoms with van der Waals surface area (Å²) >= 11 is 0. The summed E-state index contributed by atoms with van der Waals surface area (Å²) in [5.41, 5.74) is 6.27. The third kappa shape index (κ3) is 4.11. The van der Waals surface area contributed by atoms with Crippen LogP contribution in [0.5, 0.6) is 5.75 Å². The van der Waals surface area contributed by atoms with Crippen LogP contribution >= 0.6 is 0 Å². The van der Waals surface area contributed by atoms with Crippen LogP contribution in [0.15, 0.2) is 24.3 Å². The van der Waals surface area contributed by atoms with E-state index in [-0.39, 0.29) is 12.0 Å². The van der Waals surface area contributed by atoms with Crippen molar-refractivity contribution in [3.05, 3.63) is 46.5 Å². The molecule has 1 aliphatic heterocycles. The summed E-state index contributed by atoms with van der Waals surface area (Å²) in [6.45, 7) is 4.09. The Bertz CT molecular complexity index is 1080. The number of carboxylic acid groups (broad SMARTS) is 1. The minimum absolute atomic E-state index is 0.0194. The van der Waals surface area contributed by atoms with Gasteiger partial charge in [-0.15, -0.1) is 0 Å². The number of carbonyl (C=O) groups excluding carboxylic acids is 1. The van der Waals surface area contributed by atoms with E-state index in [0.717, 1.165) is 78.7 Å². The second kappa shape index (κ2) is 8.24. The highest BCUT2D eigenvalue weighted by molar-refractivity contribution is 5.93. The fraction of sp³-hybridized carbons (Fsp3) is 0.462. The Kier molecular flexibility index (Phi) is 5.41. The van der Waals surface area contributed by atoms with Crippen LogP contribution in [-0.2, 0) is 20.7 Å². The Hall–Kier alpha value is -2.86. The summed E-state index contributed by atoms with van der Waals surface area (Å²) in [4.78, 5) is 24.3. The molecule has 2 aliphatic carbocycles. The lowest BCUT2D eigenvalue weighted by atomic mass is 9.84. The van der Waals surface area contributed by atoms with Gasteiger partial charge in [-0.1, -0.05) is 6.07 Å². The minimum atomic E-state index is -1.07. The number of rotatable bonds is 7. The number of anilines is 1. The van der Waals surface area contributed by atoms with Gasteiger partial charge in [0.1, 0.15) is 5.75 Å². The van der Waals surface area contributed by atoms with Gasteiger partial charge in [0.15, 0.2) is 6.10 Å². The van der Waals surface area contributed by atoms with Crippen LogP contribution in [0.4, 0.5) is 5.69 Å². The highest BCUT2D eigenvalue weighted by atomic mass is 16.5. The van der Waals surface area contributed by atoms with E-state index in [9.17, 15) is 14.7 Å². The van der Waals surface area contributed by atoms with E-state index in [0.29, 0.717) is 17.2 Å². The van der Waals surface area contributed by atoms with Gasteiger partial charge in [0.2, 0.25) is 5.91 Å². The minimum Gasteiger partial charge on any atom is -0.493 e. The van der Waals surface area contributed by atoms with Crippen molar-refractivity contribution in [3.63, 3.8) is 0 Å². The number of benzene rings is 2. The zero-order valence-electron chi connectivity index (χ0n) is 18.6. The van der Waals surface area contributed by atoms with Crippen molar-refractivity contribution in [3.8, 4) is 16.9 Å². The smallest absolute Gasteiger partial charge is 0.337 e. The molecule has 0 spiro atoms. The van der Waals surface area contributed by atoms with Gasteiger partial charge in [-0.2, -0.15) is 0 Å². The van der Waals surface area contributed by atoms with Crippen LogP contribution in [0.1, 0.15) is 73.3 Å². The van der Waals surface area contributed by atoms with Crippen molar-refractivity contribution >= 4 is 17.6 Å². The van der Waals surface area contributed by atoms with Crippen LogP contribution in [0, 0.1) is 6.92 Å². The largest absolute Gasteiger partial charge is 0.493 e. The highest BCUT2D eigenvalue weighted by Crippen LogP contribution is 2.50. The molecule has 2 N–H and O–H groups in total. The van der Waals surface area contributed by atoms with Gasteiger partial charge in [-0.3, -0.25) is 4.79 Å². The molecule has 1 atom stereocenters. The van der Waals surface area contributed by atoms with Gasteiger partial charge < -0.3 is 19.9 Å². The molecule has 2 saturated carbocycles. The number of aryl methyl sites for hydroxylation is 1. The third-order valence-corrected chi connectivity index (χ3v) is 6.53. The molecule has 0 radical (unpaired) electrons. The molecule has 2 fully saturated rings. The Labute approximate surface area is 187 Å². The van der Waals surface area contributed by atoms with Crippen LogP contribution in [0.3, 0.4) is 0 Å². The van der Waals surface area contributed by atoms with Crippen LogP contribution < -0.4 is 10.1 Å². The zero-order chi connectivity index (χ0) is 22.4. The second-order valence-electron chi connectivity index (χ2n) is 9.21. The lowest BCUT2D eigenvalue weighted by molar-refractivity contribution is -0.151. The van der Waals surface area contributed by atoms with E-state index in [1.54, 1.807) is 0 Å². The maximum atomic E-state index is 12.4. The lowest BCUT2D eigenvalue weighted by Gasteiger charge is -2.26. The first kappa shape index (κ1) is 21.0. The SMILES string of the molecule is CC(=O)Nc1cc(C2CC2)c(-c2ccc3c(c2)CCCO3)c(C(OC2CC2)C(=O)O)c1C. The molecule has 6 nitrogen and oxygen atoms in total. The Morgan fingerprint density at radius 1 is 1.19 bits per heavy atom. The number of carboxylic acids is 1. The number of nitrogens with one attached hydrogen (secondary N) is 1. The van der Waals surface area contributed by atoms with Gasteiger partial charge in [0.25, 0.3) is 0 Å². The van der Waals surface area contributed by atoms with Gasteiger partial charge in [0, 0.05) is 18.2 Å². The van der Waals surface area contributed by atoms with Crippen LogP contribution in [-0.4, -0.2) is 29.7 Å². The number of ether oxygens (including phenoxy) is 2. The summed E-state index contributed by atoms with van der Waals surface area (Å²) < 4.78 is 11.8. The van der Waals surface area contributed by atoms with Crippen LogP contribution in [0.2, 0.25) is 0 Å². The van der Waals surface area contributed by atoms with E-state index >= 15 is 0 Å². The maximum absolute atomic E-state index is 12.4. The van der Waals surface area contributed by atoms with Gasteiger partial charge in [-0.25, -0.2) is 4.79 Å². The third-order valence-electron chi connectivity index (χ3n) is 6.53. The molecule has 2 aromatic rings.